The minimum atomic E-state index is 0.964. The van der Waals surface area contributed by atoms with E-state index in [1.165, 1.54) is 34.0 Å². The summed E-state index contributed by atoms with van der Waals surface area (Å²) in [6, 6.07) is 8.86. The van der Waals surface area contributed by atoms with Crippen LogP contribution in [0.25, 0.3) is 0 Å². The van der Waals surface area contributed by atoms with Crippen molar-refractivity contribution in [1.29, 1.82) is 0 Å². The number of aryl methyl sites for hydroxylation is 1. The number of hydrogen-bond acceptors (Lipinski definition) is 4. The summed E-state index contributed by atoms with van der Waals surface area (Å²) in [6.07, 6.45) is 3.46. The van der Waals surface area contributed by atoms with Crippen LogP contribution in [0, 0.1) is 0 Å². The van der Waals surface area contributed by atoms with Crippen LogP contribution in [0.1, 0.15) is 43.0 Å². The fraction of sp³-hybridized carbons (Fsp3) is 0.471. The highest BCUT2D eigenvalue weighted by Crippen LogP contribution is 2.24. The number of thioether (sulfide) groups is 1. The van der Waals surface area contributed by atoms with E-state index in [0.717, 1.165) is 25.3 Å². The lowest BCUT2D eigenvalue weighted by atomic mass is 10.2. The Balaban J connectivity index is 1.79. The lowest BCUT2D eigenvalue weighted by Crippen LogP contribution is -2.13. The van der Waals surface area contributed by atoms with Crippen LogP contribution in [0.5, 0.6) is 0 Å². The van der Waals surface area contributed by atoms with E-state index in [-0.39, 0.29) is 0 Å². The van der Waals surface area contributed by atoms with Crippen LogP contribution in [0.3, 0.4) is 0 Å². The summed E-state index contributed by atoms with van der Waals surface area (Å²) in [5.74, 6) is 0.966. The van der Waals surface area contributed by atoms with E-state index in [2.05, 4.69) is 53.8 Å². The van der Waals surface area contributed by atoms with Crippen LogP contribution < -0.4 is 5.32 Å². The third-order valence-corrected chi connectivity index (χ3v) is 5.13. The standard InChI is InChI=1S/C17H24N2S2/c1-3-5-17-19-15(13-21-17)12-20-16-8-6-14(7-9-16)11-18-10-4-2/h6-9,13,18H,3-5,10-12H2,1-2H3. The van der Waals surface area contributed by atoms with E-state index < -0.39 is 0 Å². The van der Waals surface area contributed by atoms with Gasteiger partial charge in [0.2, 0.25) is 0 Å². The van der Waals surface area contributed by atoms with Gasteiger partial charge in [0.15, 0.2) is 0 Å². The average Bonchev–Trinajstić information content (AvgIpc) is 2.95. The predicted molar refractivity (Wildman–Crippen MR) is 94.1 cm³/mol. The van der Waals surface area contributed by atoms with Gasteiger partial charge in [0.25, 0.3) is 0 Å². The van der Waals surface area contributed by atoms with Gasteiger partial charge in [-0.1, -0.05) is 26.0 Å². The van der Waals surface area contributed by atoms with Crippen molar-refractivity contribution in [2.75, 3.05) is 6.54 Å². The summed E-state index contributed by atoms with van der Waals surface area (Å²) in [7, 11) is 0. The quantitative estimate of drug-likeness (QED) is 0.526. The van der Waals surface area contributed by atoms with Crippen molar-refractivity contribution in [3.63, 3.8) is 0 Å². The predicted octanol–water partition coefficient (Wildman–Crippen LogP) is 4.89. The first kappa shape index (κ1) is 16.5. The van der Waals surface area contributed by atoms with E-state index in [4.69, 9.17) is 0 Å². The highest BCUT2D eigenvalue weighted by molar-refractivity contribution is 7.98. The maximum Gasteiger partial charge on any atom is 0.0928 e. The molecule has 4 heteroatoms. The van der Waals surface area contributed by atoms with Crippen LogP contribution in [-0.4, -0.2) is 11.5 Å². The zero-order valence-electron chi connectivity index (χ0n) is 12.9. The third kappa shape index (κ3) is 5.81. The van der Waals surface area contributed by atoms with E-state index in [1.807, 2.05) is 11.8 Å². The molecule has 2 aromatic rings. The number of nitrogens with zero attached hydrogens (tertiary/aromatic N) is 1. The Labute approximate surface area is 136 Å². The van der Waals surface area contributed by atoms with Crippen molar-refractivity contribution < 1.29 is 0 Å². The largest absolute Gasteiger partial charge is 0.313 e. The number of rotatable bonds is 9. The molecule has 0 aliphatic heterocycles. The highest BCUT2D eigenvalue weighted by atomic mass is 32.2. The molecule has 0 saturated carbocycles. The molecule has 1 aromatic carbocycles. The van der Waals surface area contributed by atoms with Crippen molar-refractivity contribution >= 4 is 23.1 Å². The van der Waals surface area contributed by atoms with E-state index in [1.54, 1.807) is 11.3 Å². The maximum absolute atomic E-state index is 4.67. The van der Waals surface area contributed by atoms with Crippen LogP contribution in [0.2, 0.25) is 0 Å². The topological polar surface area (TPSA) is 24.9 Å². The van der Waals surface area contributed by atoms with Gasteiger partial charge in [-0.05, 0) is 43.5 Å². The molecule has 0 aliphatic rings. The second-order valence-electron chi connectivity index (χ2n) is 5.09. The molecule has 21 heavy (non-hydrogen) atoms. The van der Waals surface area contributed by atoms with Crippen LogP contribution in [-0.2, 0) is 18.7 Å². The molecule has 2 rings (SSSR count). The van der Waals surface area contributed by atoms with Crippen molar-refractivity contribution in [2.45, 2.75) is 50.3 Å². The van der Waals surface area contributed by atoms with Crippen molar-refractivity contribution in [3.8, 4) is 0 Å². The van der Waals surface area contributed by atoms with Crippen molar-refractivity contribution in [3.05, 3.63) is 45.9 Å². The molecule has 0 spiro atoms. The summed E-state index contributed by atoms with van der Waals surface area (Å²) >= 11 is 3.66. The molecule has 0 fully saturated rings. The van der Waals surface area contributed by atoms with Gasteiger partial charge in [-0.3, -0.25) is 0 Å². The molecule has 2 nitrogen and oxygen atoms in total. The van der Waals surface area contributed by atoms with Crippen LogP contribution in [0.15, 0.2) is 34.5 Å². The number of nitrogens with one attached hydrogen (secondary N) is 1. The van der Waals surface area contributed by atoms with Crippen LogP contribution in [0.4, 0.5) is 0 Å². The Morgan fingerprint density at radius 3 is 2.67 bits per heavy atom. The minimum Gasteiger partial charge on any atom is -0.313 e. The monoisotopic (exact) mass is 320 g/mol. The fourth-order valence-electron chi connectivity index (χ4n) is 2.01. The van der Waals surface area contributed by atoms with E-state index in [0.29, 0.717) is 0 Å². The molecule has 0 bridgehead atoms. The lowest BCUT2D eigenvalue weighted by molar-refractivity contribution is 0.675. The van der Waals surface area contributed by atoms with Crippen LogP contribution >= 0.6 is 23.1 Å². The van der Waals surface area contributed by atoms with Gasteiger partial charge in [-0.2, -0.15) is 0 Å². The molecule has 0 aliphatic carbocycles. The van der Waals surface area contributed by atoms with E-state index in [9.17, 15) is 0 Å². The molecule has 1 aromatic heterocycles. The zero-order chi connectivity index (χ0) is 14.9. The Hall–Kier alpha value is -0.840. The molecule has 0 atom stereocenters. The highest BCUT2D eigenvalue weighted by Gasteiger charge is 2.02. The molecule has 0 radical (unpaired) electrons. The minimum absolute atomic E-state index is 0.964. The molecular weight excluding hydrogens is 296 g/mol. The maximum atomic E-state index is 4.67. The number of hydrogen-bond donors (Lipinski definition) is 1. The molecule has 1 heterocycles. The Morgan fingerprint density at radius 2 is 1.95 bits per heavy atom. The number of benzene rings is 1. The number of thiazole rings is 1. The smallest absolute Gasteiger partial charge is 0.0928 e. The summed E-state index contributed by atoms with van der Waals surface area (Å²) in [6.45, 7) is 6.44. The summed E-state index contributed by atoms with van der Waals surface area (Å²) in [5.41, 5.74) is 2.56. The number of aromatic nitrogens is 1. The first-order valence-corrected chi connectivity index (χ1v) is 9.54. The second kappa shape index (κ2) is 9.23. The molecule has 0 saturated heterocycles. The van der Waals surface area contributed by atoms with Gasteiger partial charge in [0.05, 0.1) is 10.7 Å². The molecule has 0 unspecified atom stereocenters. The third-order valence-electron chi connectivity index (χ3n) is 3.13. The lowest BCUT2D eigenvalue weighted by Gasteiger charge is -2.05. The van der Waals surface area contributed by atoms with Gasteiger partial charge in [-0.25, -0.2) is 4.98 Å². The van der Waals surface area contributed by atoms with E-state index >= 15 is 0 Å². The summed E-state index contributed by atoms with van der Waals surface area (Å²) < 4.78 is 0. The second-order valence-corrected chi connectivity index (χ2v) is 7.08. The normalized spacial score (nSPS) is 11.0. The van der Waals surface area contributed by atoms with Gasteiger partial charge in [0.1, 0.15) is 0 Å². The summed E-state index contributed by atoms with van der Waals surface area (Å²) in [5, 5.41) is 6.89. The van der Waals surface area contributed by atoms with Gasteiger partial charge in [0, 0.05) is 22.6 Å². The Kier molecular flexibility index (Phi) is 7.27. The molecule has 114 valence electrons. The van der Waals surface area contributed by atoms with Gasteiger partial charge >= 0.3 is 0 Å². The van der Waals surface area contributed by atoms with Crippen molar-refractivity contribution in [1.82, 2.24) is 10.3 Å². The van der Waals surface area contributed by atoms with Crippen molar-refractivity contribution in [2.24, 2.45) is 0 Å². The molecule has 0 amide bonds. The first-order valence-electron chi connectivity index (χ1n) is 7.67. The first-order chi connectivity index (χ1) is 10.3. The summed E-state index contributed by atoms with van der Waals surface area (Å²) in [4.78, 5) is 5.99. The zero-order valence-corrected chi connectivity index (χ0v) is 14.5. The Morgan fingerprint density at radius 1 is 1.14 bits per heavy atom. The fourth-order valence-corrected chi connectivity index (χ4v) is 3.81. The average molecular weight is 321 g/mol. The van der Waals surface area contributed by atoms with Gasteiger partial charge in [-0.15, -0.1) is 23.1 Å². The Bertz CT molecular complexity index is 520. The molecule has 1 N–H and O–H groups in total. The van der Waals surface area contributed by atoms with Gasteiger partial charge < -0.3 is 5.32 Å². The molecular formula is C17H24N2S2. The SMILES string of the molecule is CCCNCc1ccc(SCc2csc(CCC)n2)cc1.